The van der Waals surface area contributed by atoms with Gasteiger partial charge in [0.2, 0.25) is 0 Å². The first-order valence-corrected chi connectivity index (χ1v) is 7.69. The van der Waals surface area contributed by atoms with E-state index in [-0.39, 0.29) is 5.91 Å². The van der Waals surface area contributed by atoms with Crippen LogP contribution in [0, 0.1) is 0 Å². The highest BCUT2D eigenvalue weighted by Gasteiger charge is 2.10. The van der Waals surface area contributed by atoms with E-state index in [1.165, 1.54) is 4.90 Å². The Kier molecular flexibility index (Phi) is 6.45. The van der Waals surface area contributed by atoms with Crippen molar-refractivity contribution in [3.63, 3.8) is 0 Å². The molecular formula is C17H18ClN3O3. The number of rotatable bonds is 5. The molecule has 3 amide bonds. The van der Waals surface area contributed by atoms with E-state index in [0.29, 0.717) is 29.5 Å². The fourth-order valence-corrected chi connectivity index (χ4v) is 2.01. The highest BCUT2D eigenvalue weighted by atomic mass is 35.5. The maximum Gasteiger partial charge on any atom is 0.335 e. The van der Waals surface area contributed by atoms with Crippen LogP contribution >= 0.6 is 11.6 Å². The second-order valence-electron chi connectivity index (χ2n) is 4.98. The minimum absolute atomic E-state index is 0.302. The Morgan fingerprint density at radius 3 is 2.54 bits per heavy atom. The summed E-state index contributed by atoms with van der Waals surface area (Å²) in [5, 5.41) is 0.585. The smallest absolute Gasteiger partial charge is 0.335 e. The molecule has 126 valence electrons. The molecule has 0 fully saturated rings. The lowest BCUT2D eigenvalue weighted by molar-refractivity contribution is 0.0930. The first-order valence-electron chi connectivity index (χ1n) is 7.31. The number of carbonyl (C=O) groups is 2. The Bertz CT molecular complexity index is 694. The quantitative estimate of drug-likeness (QED) is 0.817. The Hall–Kier alpha value is -2.73. The van der Waals surface area contributed by atoms with Gasteiger partial charge in [-0.15, -0.1) is 0 Å². The van der Waals surface area contributed by atoms with Crippen LogP contribution in [0.2, 0.25) is 5.02 Å². The van der Waals surface area contributed by atoms with Crippen LogP contribution in [0.15, 0.2) is 54.6 Å². The van der Waals surface area contributed by atoms with Gasteiger partial charge in [0.05, 0.1) is 6.54 Å². The largest absolute Gasteiger partial charge is 0.492 e. The molecule has 0 saturated heterocycles. The molecule has 0 atom stereocenters. The molecule has 0 aliphatic heterocycles. The molecule has 2 aromatic rings. The predicted octanol–water partition coefficient (Wildman–Crippen LogP) is 2.71. The molecule has 2 aromatic carbocycles. The summed E-state index contributed by atoms with van der Waals surface area (Å²) in [4.78, 5) is 25.1. The van der Waals surface area contributed by atoms with Crippen molar-refractivity contribution in [2.24, 2.45) is 0 Å². The standard InChI is InChI=1S/C17H18ClN3O3/c1-21(10-11-24-15-9-5-8-14(18)12-15)17(23)20-19-16(22)13-6-3-2-4-7-13/h2-9,12H,10-11H2,1H3,(H,19,22)(H,20,23). The number of halogens is 1. The van der Waals surface area contributed by atoms with Crippen molar-refractivity contribution in [3.8, 4) is 5.75 Å². The van der Waals surface area contributed by atoms with E-state index in [0.717, 1.165) is 0 Å². The van der Waals surface area contributed by atoms with Gasteiger partial charge in [0.15, 0.2) is 0 Å². The number of ether oxygens (including phenoxy) is 1. The lowest BCUT2D eigenvalue weighted by Gasteiger charge is -2.18. The first kappa shape index (κ1) is 17.6. The molecule has 2 rings (SSSR count). The number of hydrogen-bond donors (Lipinski definition) is 2. The van der Waals surface area contributed by atoms with Gasteiger partial charge < -0.3 is 9.64 Å². The topological polar surface area (TPSA) is 70.7 Å². The number of likely N-dealkylation sites (N-methyl/N-ethyl adjacent to an activating group) is 1. The third-order valence-electron chi connectivity index (χ3n) is 3.16. The average molecular weight is 348 g/mol. The van der Waals surface area contributed by atoms with Gasteiger partial charge in [-0.2, -0.15) is 0 Å². The molecule has 6 nitrogen and oxygen atoms in total. The molecule has 0 aliphatic rings. The van der Waals surface area contributed by atoms with Gasteiger partial charge in [-0.05, 0) is 30.3 Å². The second kappa shape index (κ2) is 8.79. The van der Waals surface area contributed by atoms with Crippen LogP contribution in [0.25, 0.3) is 0 Å². The minimum Gasteiger partial charge on any atom is -0.492 e. The minimum atomic E-state index is -0.436. The third kappa shape index (κ3) is 5.48. The second-order valence-corrected chi connectivity index (χ2v) is 5.41. The summed E-state index contributed by atoms with van der Waals surface area (Å²) in [6.45, 7) is 0.649. The zero-order chi connectivity index (χ0) is 17.4. The Labute approximate surface area is 145 Å². The molecule has 7 heteroatoms. The number of urea groups is 1. The lowest BCUT2D eigenvalue weighted by atomic mass is 10.2. The van der Waals surface area contributed by atoms with Gasteiger partial charge in [0.25, 0.3) is 5.91 Å². The van der Waals surface area contributed by atoms with Crippen LogP contribution < -0.4 is 15.6 Å². The molecule has 2 N–H and O–H groups in total. The van der Waals surface area contributed by atoms with Crippen molar-refractivity contribution in [2.75, 3.05) is 20.2 Å². The predicted molar refractivity (Wildman–Crippen MR) is 92.0 cm³/mol. The Balaban J connectivity index is 1.71. The van der Waals surface area contributed by atoms with E-state index in [4.69, 9.17) is 16.3 Å². The van der Waals surface area contributed by atoms with Crippen LogP contribution in [0.5, 0.6) is 5.75 Å². The number of amides is 3. The number of nitrogens with one attached hydrogen (secondary N) is 2. The monoisotopic (exact) mass is 347 g/mol. The lowest BCUT2D eigenvalue weighted by Crippen LogP contribution is -2.48. The van der Waals surface area contributed by atoms with Crippen molar-refractivity contribution in [3.05, 3.63) is 65.2 Å². The van der Waals surface area contributed by atoms with Gasteiger partial charge in [0, 0.05) is 17.6 Å². The molecule has 0 bridgehead atoms. The van der Waals surface area contributed by atoms with Gasteiger partial charge in [0.1, 0.15) is 12.4 Å². The number of hydrogen-bond acceptors (Lipinski definition) is 3. The van der Waals surface area contributed by atoms with E-state index in [1.807, 2.05) is 6.07 Å². The highest BCUT2D eigenvalue weighted by molar-refractivity contribution is 6.30. The summed E-state index contributed by atoms with van der Waals surface area (Å²) in [6.07, 6.45) is 0. The Morgan fingerprint density at radius 2 is 1.83 bits per heavy atom. The van der Waals surface area contributed by atoms with Crippen molar-refractivity contribution >= 4 is 23.5 Å². The van der Waals surface area contributed by atoms with E-state index < -0.39 is 6.03 Å². The fraction of sp³-hybridized carbons (Fsp3) is 0.176. The normalized spacial score (nSPS) is 9.92. The summed E-state index contributed by atoms with van der Waals surface area (Å²) in [7, 11) is 1.60. The molecular weight excluding hydrogens is 330 g/mol. The third-order valence-corrected chi connectivity index (χ3v) is 3.39. The number of benzene rings is 2. The molecule has 0 aromatic heterocycles. The zero-order valence-corrected chi connectivity index (χ0v) is 13.9. The maximum absolute atomic E-state index is 11.9. The van der Waals surface area contributed by atoms with Gasteiger partial charge >= 0.3 is 6.03 Å². The Morgan fingerprint density at radius 1 is 1.08 bits per heavy atom. The van der Waals surface area contributed by atoms with Crippen LogP contribution in [-0.4, -0.2) is 37.0 Å². The molecule has 0 spiro atoms. The van der Waals surface area contributed by atoms with E-state index >= 15 is 0 Å². The van der Waals surface area contributed by atoms with Gasteiger partial charge in [-0.3, -0.25) is 10.2 Å². The molecule has 0 heterocycles. The highest BCUT2D eigenvalue weighted by Crippen LogP contribution is 2.16. The SMILES string of the molecule is CN(CCOc1cccc(Cl)c1)C(=O)NNC(=O)c1ccccc1. The summed E-state index contributed by atoms with van der Waals surface area (Å²) in [6, 6.07) is 15.2. The number of carbonyl (C=O) groups excluding carboxylic acids is 2. The summed E-state index contributed by atoms with van der Waals surface area (Å²) < 4.78 is 5.51. The van der Waals surface area contributed by atoms with Crippen molar-refractivity contribution in [1.82, 2.24) is 15.8 Å². The van der Waals surface area contributed by atoms with Gasteiger partial charge in [-0.1, -0.05) is 35.9 Å². The van der Waals surface area contributed by atoms with E-state index in [9.17, 15) is 9.59 Å². The first-order chi connectivity index (χ1) is 11.6. The van der Waals surface area contributed by atoms with Crippen molar-refractivity contribution in [2.45, 2.75) is 0 Å². The molecule has 0 unspecified atom stereocenters. The summed E-state index contributed by atoms with van der Waals surface area (Å²) >= 11 is 5.86. The molecule has 0 aliphatic carbocycles. The summed E-state index contributed by atoms with van der Waals surface area (Å²) in [5.74, 6) is 0.251. The maximum atomic E-state index is 11.9. The van der Waals surface area contributed by atoms with Crippen molar-refractivity contribution < 1.29 is 14.3 Å². The average Bonchev–Trinajstić information content (AvgIpc) is 2.60. The molecule has 0 radical (unpaired) electrons. The van der Waals surface area contributed by atoms with Crippen molar-refractivity contribution in [1.29, 1.82) is 0 Å². The fourth-order valence-electron chi connectivity index (χ4n) is 1.83. The number of nitrogens with zero attached hydrogens (tertiary/aromatic N) is 1. The van der Waals surface area contributed by atoms with Gasteiger partial charge in [-0.25, -0.2) is 10.2 Å². The molecule has 0 saturated carbocycles. The molecule has 24 heavy (non-hydrogen) atoms. The van der Waals surface area contributed by atoms with Crippen LogP contribution in [0.4, 0.5) is 4.79 Å². The summed E-state index contributed by atoms with van der Waals surface area (Å²) in [5.41, 5.74) is 5.17. The van der Waals surface area contributed by atoms with Crippen LogP contribution in [0.1, 0.15) is 10.4 Å². The number of hydrazine groups is 1. The van der Waals surface area contributed by atoms with Crippen LogP contribution in [0.3, 0.4) is 0 Å². The van der Waals surface area contributed by atoms with E-state index in [2.05, 4.69) is 10.9 Å². The zero-order valence-electron chi connectivity index (χ0n) is 13.2. The van der Waals surface area contributed by atoms with Crippen LogP contribution in [-0.2, 0) is 0 Å². The van der Waals surface area contributed by atoms with E-state index in [1.54, 1.807) is 55.6 Å².